The van der Waals surface area contributed by atoms with Gasteiger partial charge in [-0.15, -0.1) is 0 Å². The first-order chi connectivity index (χ1) is 12.2. The zero-order chi connectivity index (χ0) is 19.1. The summed E-state index contributed by atoms with van der Waals surface area (Å²) in [4.78, 5) is 27.7. The van der Waals surface area contributed by atoms with Crippen molar-refractivity contribution in [3.05, 3.63) is 40.5 Å². The molecule has 5 nitrogen and oxygen atoms in total. The molecule has 2 aliphatic rings. The average Bonchev–Trinajstić information content (AvgIpc) is 2.77. The molecule has 0 radical (unpaired) electrons. The van der Waals surface area contributed by atoms with Crippen LogP contribution in [0.25, 0.3) is 0 Å². The van der Waals surface area contributed by atoms with Gasteiger partial charge in [0, 0.05) is 43.2 Å². The highest BCUT2D eigenvalue weighted by Gasteiger charge is 2.50. The molecule has 0 bridgehead atoms. The van der Waals surface area contributed by atoms with E-state index in [9.17, 15) is 9.59 Å². The number of hydrogen-bond donors (Lipinski definition) is 1. The van der Waals surface area contributed by atoms with Crippen molar-refractivity contribution in [2.75, 3.05) is 18.4 Å². The summed E-state index contributed by atoms with van der Waals surface area (Å²) >= 11 is 0. The molecule has 1 fully saturated rings. The van der Waals surface area contributed by atoms with Gasteiger partial charge in [0.1, 0.15) is 5.60 Å². The Hall–Kier alpha value is -2.14. The topological polar surface area (TPSA) is 58.6 Å². The van der Waals surface area contributed by atoms with Crippen LogP contribution in [0, 0.1) is 13.8 Å². The summed E-state index contributed by atoms with van der Waals surface area (Å²) in [7, 11) is 0. The molecular weight excluding hydrogens is 328 g/mol. The number of piperidine rings is 1. The number of anilines is 1. The maximum Gasteiger partial charge on any atom is 0.335 e. The lowest BCUT2D eigenvalue weighted by molar-refractivity contribution is -0.151. The molecule has 1 aromatic rings. The van der Waals surface area contributed by atoms with Gasteiger partial charge in [0.25, 0.3) is 5.91 Å². The fourth-order valence-corrected chi connectivity index (χ4v) is 4.12. The number of nitrogens with one attached hydrogen (secondary N) is 1. The van der Waals surface area contributed by atoms with Gasteiger partial charge in [-0.25, -0.2) is 4.79 Å². The maximum atomic E-state index is 13.1. The predicted octanol–water partition coefficient (Wildman–Crippen LogP) is 3.36. The van der Waals surface area contributed by atoms with Crippen LogP contribution in [0.3, 0.4) is 0 Å². The lowest BCUT2D eigenvalue weighted by Crippen LogP contribution is -2.49. The molecule has 0 unspecified atom stereocenters. The summed E-state index contributed by atoms with van der Waals surface area (Å²) in [6.45, 7) is 11.7. The van der Waals surface area contributed by atoms with Gasteiger partial charge in [-0.05, 0) is 57.9 Å². The van der Waals surface area contributed by atoms with Crippen molar-refractivity contribution in [3.8, 4) is 0 Å². The molecule has 1 saturated heterocycles. The number of hydrogen-bond acceptors (Lipinski definition) is 4. The standard InChI is InChI=1S/C21H28N2O3/c1-13(2)23-8-6-21(7-9-23)18(16(5)20(25)26-21)19(24)22-17-11-14(3)10-15(4)12-17/h10-13H,6-9H2,1-5H3,(H,22,24). The summed E-state index contributed by atoms with van der Waals surface area (Å²) in [5.41, 5.74) is 3.08. The number of carbonyl (C=O) groups excluding carboxylic acids is 2. The predicted molar refractivity (Wildman–Crippen MR) is 102 cm³/mol. The van der Waals surface area contributed by atoms with Crippen LogP contribution in [-0.4, -0.2) is 41.5 Å². The molecule has 0 aromatic heterocycles. The Morgan fingerprint density at radius 2 is 1.69 bits per heavy atom. The zero-order valence-electron chi connectivity index (χ0n) is 16.3. The number of benzene rings is 1. The Bertz CT molecular complexity index is 751. The molecule has 0 atom stereocenters. The molecular formula is C21H28N2O3. The minimum Gasteiger partial charge on any atom is -0.450 e. The number of esters is 1. The second-order valence-electron chi connectivity index (χ2n) is 7.84. The van der Waals surface area contributed by atoms with Crippen molar-refractivity contribution in [3.63, 3.8) is 0 Å². The smallest absolute Gasteiger partial charge is 0.335 e. The highest BCUT2D eigenvalue weighted by atomic mass is 16.6. The molecule has 140 valence electrons. The fraction of sp³-hybridized carbons (Fsp3) is 0.524. The van der Waals surface area contributed by atoms with E-state index in [1.54, 1.807) is 6.92 Å². The first-order valence-corrected chi connectivity index (χ1v) is 9.30. The van der Waals surface area contributed by atoms with Crippen LogP contribution in [0.4, 0.5) is 5.69 Å². The van der Waals surface area contributed by atoms with Crippen LogP contribution in [-0.2, 0) is 14.3 Å². The number of likely N-dealkylation sites (tertiary alicyclic amines) is 1. The van der Waals surface area contributed by atoms with Gasteiger partial charge in [-0.1, -0.05) is 6.07 Å². The lowest BCUT2D eigenvalue weighted by Gasteiger charge is -2.40. The SMILES string of the molecule is CC1=C(C(=O)Nc2cc(C)cc(C)c2)C2(CCN(C(C)C)CC2)OC1=O. The van der Waals surface area contributed by atoms with E-state index >= 15 is 0 Å². The highest BCUT2D eigenvalue weighted by Crippen LogP contribution is 2.41. The van der Waals surface area contributed by atoms with Crippen molar-refractivity contribution in [1.29, 1.82) is 0 Å². The number of amides is 1. The van der Waals surface area contributed by atoms with E-state index in [1.807, 2.05) is 26.0 Å². The quantitative estimate of drug-likeness (QED) is 0.844. The molecule has 26 heavy (non-hydrogen) atoms. The Morgan fingerprint density at radius 1 is 1.12 bits per heavy atom. The Kier molecular flexibility index (Phi) is 4.93. The molecule has 0 aliphatic carbocycles. The van der Waals surface area contributed by atoms with Gasteiger partial charge in [-0.3, -0.25) is 4.79 Å². The van der Waals surface area contributed by atoms with Gasteiger partial charge in [0.2, 0.25) is 0 Å². The minimum absolute atomic E-state index is 0.226. The molecule has 5 heteroatoms. The summed E-state index contributed by atoms with van der Waals surface area (Å²) < 4.78 is 5.75. The van der Waals surface area contributed by atoms with E-state index < -0.39 is 5.60 Å². The van der Waals surface area contributed by atoms with E-state index in [0.717, 1.165) is 29.9 Å². The number of carbonyl (C=O) groups is 2. The fourth-order valence-electron chi connectivity index (χ4n) is 4.12. The third kappa shape index (κ3) is 3.40. The number of rotatable bonds is 3. The average molecular weight is 356 g/mol. The van der Waals surface area contributed by atoms with Gasteiger partial charge in [0.05, 0.1) is 5.57 Å². The van der Waals surface area contributed by atoms with E-state index in [4.69, 9.17) is 4.74 Å². The molecule has 1 aromatic carbocycles. The Morgan fingerprint density at radius 3 is 2.23 bits per heavy atom. The highest BCUT2D eigenvalue weighted by molar-refractivity contribution is 6.12. The van der Waals surface area contributed by atoms with Crippen LogP contribution in [0.1, 0.15) is 44.7 Å². The van der Waals surface area contributed by atoms with Crippen LogP contribution in [0.5, 0.6) is 0 Å². The van der Waals surface area contributed by atoms with E-state index in [0.29, 0.717) is 30.0 Å². The molecule has 1 spiro atoms. The molecule has 1 amide bonds. The van der Waals surface area contributed by atoms with Crippen LogP contribution < -0.4 is 5.32 Å². The van der Waals surface area contributed by atoms with Crippen molar-refractivity contribution in [2.24, 2.45) is 0 Å². The van der Waals surface area contributed by atoms with Crippen LogP contribution in [0.15, 0.2) is 29.3 Å². The maximum absolute atomic E-state index is 13.1. The van der Waals surface area contributed by atoms with Crippen molar-refractivity contribution < 1.29 is 14.3 Å². The van der Waals surface area contributed by atoms with E-state index in [1.165, 1.54) is 0 Å². The third-order valence-electron chi connectivity index (χ3n) is 5.47. The number of nitrogens with zero attached hydrogens (tertiary/aromatic N) is 1. The monoisotopic (exact) mass is 356 g/mol. The number of ether oxygens (including phenoxy) is 1. The lowest BCUT2D eigenvalue weighted by atomic mass is 9.82. The zero-order valence-corrected chi connectivity index (χ0v) is 16.3. The summed E-state index contributed by atoms with van der Waals surface area (Å²) in [6, 6.07) is 6.38. The third-order valence-corrected chi connectivity index (χ3v) is 5.47. The minimum atomic E-state index is -0.782. The van der Waals surface area contributed by atoms with E-state index in [2.05, 4.69) is 30.1 Å². The van der Waals surface area contributed by atoms with Crippen LogP contribution >= 0.6 is 0 Å². The summed E-state index contributed by atoms with van der Waals surface area (Å²) in [5, 5.41) is 2.98. The molecule has 2 aliphatic heterocycles. The summed E-state index contributed by atoms with van der Waals surface area (Å²) in [6.07, 6.45) is 1.31. The van der Waals surface area contributed by atoms with Gasteiger partial charge in [0.15, 0.2) is 0 Å². The first kappa shape index (κ1) is 18.6. The van der Waals surface area contributed by atoms with Gasteiger partial charge < -0.3 is 15.0 Å². The largest absolute Gasteiger partial charge is 0.450 e. The second-order valence-corrected chi connectivity index (χ2v) is 7.84. The van der Waals surface area contributed by atoms with Crippen LogP contribution in [0.2, 0.25) is 0 Å². The van der Waals surface area contributed by atoms with Gasteiger partial charge in [-0.2, -0.15) is 0 Å². The second kappa shape index (κ2) is 6.88. The Labute approximate surface area is 155 Å². The molecule has 0 saturated carbocycles. The Balaban J connectivity index is 1.85. The normalized spacial score (nSPS) is 20.0. The first-order valence-electron chi connectivity index (χ1n) is 9.30. The molecule has 1 N–H and O–H groups in total. The van der Waals surface area contributed by atoms with Crippen molar-refractivity contribution in [2.45, 2.75) is 59.1 Å². The summed E-state index contributed by atoms with van der Waals surface area (Å²) in [5.74, 6) is -0.593. The van der Waals surface area contributed by atoms with Crippen molar-refractivity contribution >= 4 is 17.6 Å². The van der Waals surface area contributed by atoms with Crippen molar-refractivity contribution in [1.82, 2.24) is 4.90 Å². The molecule has 3 rings (SSSR count). The van der Waals surface area contributed by atoms with Gasteiger partial charge >= 0.3 is 5.97 Å². The molecule has 2 heterocycles. The van der Waals surface area contributed by atoms with E-state index in [-0.39, 0.29) is 11.9 Å². The number of aryl methyl sites for hydroxylation is 2.